The summed E-state index contributed by atoms with van der Waals surface area (Å²) in [6, 6.07) is 6.69. The van der Waals surface area contributed by atoms with Crippen LogP contribution in [0.4, 0.5) is 14.5 Å². The van der Waals surface area contributed by atoms with E-state index in [9.17, 15) is 8.78 Å². The molecular weight excluding hydrogens is 172 g/mol. The molecule has 0 fully saturated rings. The molecule has 1 aromatic carbocycles. The van der Waals surface area contributed by atoms with Crippen LogP contribution in [-0.4, -0.2) is 12.0 Å². The van der Waals surface area contributed by atoms with Gasteiger partial charge in [0.1, 0.15) is 0 Å². The van der Waals surface area contributed by atoms with Crippen LogP contribution in [0.25, 0.3) is 0 Å². The minimum absolute atomic E-state index is 0.416. The molecule has 0 saturated heterocycles. The van der Waals surface area contributed by atoms with Gasteiger partial charge in [0.2, 0.25) is 0 Å². The third-order valence-corrected chi connectivity index (χ3v) is 2.38. The number of anilines is 1. The van der Waals surface area contributed by atoms with Gasteiger partial charge in [-0.05, 0) is 11.6 Å². The van der Waals surface area contributed by atoms with E-state index in [2.05, 4.69) is 5.32 Å². The quantitative estimate of drug-likeness (QED) is 0.705. The Morgan fingerprint density at radius 3 is 2.69 bits per heavy atom. The largest absolute Gasteiger partial charge is 0.376 e. The Bertz CT molecular complexity index is 292. The summed E-state index contributed by atoms with van der Waals surface area (Å²) in [6.45, 7) is 0.955. The molecule has 1 aliphatic heterocycles. The highest BCUT2D eigenvalue weighted by atomic mass is 19.3. The Morgan fingerprint density at radius 1 is 1.38 bits per heavy atom. The number of benzene rings is 1. The van der Waals surface area contributed by atoms with E-state index in [1.165, 1.54) is 0 Å². The Hall–Kier alpha value is -1.12. The Balaban J connectivity index is 2.23. The third kappa shape index (κ3) is 1.50. The Labute approximate surface area is 75.8 Å². The van der Waals surface area contributed by atoms with Crippen molar-refractivity contribution in [2.24, 2.45) is 0 Å². The fourth-order valence-corrected chi connectivity index (χ4v) is 1.60. The van der Waals surface area contributed by atoms with Crippen LogP contribution in [0.1, 0.15) is 12.5 Å². The lowest BCUT2D eigenvalue weighted by atomic mass is 10.1. The van der Waals surface area contributed by atoms with Gasteiger partial charge < -0.3 is 5.32 Å². The third-order valence-electron chi connectivity index (χ3n) is 2.38. The lowest BCUT2D eigenvalue weighted by Gasteiger charge is -2.18. The van der Waals surface area contributed by atoms with E-state index in [0.717, 1.165) is 18.2 Å². The van der Waals surface area contributed by atoms with Crippen molar-refractivity contribution in [3.63, 3.8) is 0 Å². The number of hydrogen-bond donors (Lipinski definition) is 1. The van der Waals surface area contributed by atoms with Gasteiger partial charge in [-0.25, -0.2) is 8.78 Å². The molecule has 1 aliphatic rings. The van der Waals surface area contributed by atoms with Crippen molar-refractivity contribution < 1.29 is 8.78 Å². The van der Waals surface area contributed by atoms with E-state index in [4.69, 9.17) is 0 Å². The number of rotatable bonds is 1. The van der Waals surface area contributed by atoms with Crippen LogP contribution in [-0.2, 0) is 6.42 Å². The second-order valence-electron chi connectivity index (χ2n) is 3.51. The molecule has 1 nitrogen and oxygen atoms in total. The molecule has 0 saturated carbocycles. The first-order valence-corrected chi connectivity index (χ1v) is 4.29. The Kier molecular flexibility index (Phi) is 1.75. The molecule has 0 amide bonds. The van der Waals surface area contributed by atoms with E-state index in [1.807, 2.05) is 24.3 Å². The predicted molar refractivity (Wildman–Crippen MR) is 48.2 cm³/mol. The van der Waals surface area contributed by atoms with Gasteiger partial charge in [-0.2, -0.15) is 0 Å². The van der Waals surface area contributed by atoms with Gasteiger partial charge in [-0.1, -0.05) is 18.2 Å². The molecule has 1 N–H and O–H groups in total. The molecule has 0 radical (unpaired) electrons. The highest BCUT2D eigenvalue weighted by Gasteiger charge is 2.37. The van der Waals surface area contributed by atoms with Gasteiger partial charge in [-0.15, -0.1) is 0 Å². The first kappa shape index (κ1) is 8.48. The number of halogens is 2. The van der Waals surface area contributed by atoms with Gasteiger partial charge in [0, 0.05) is 19.0 Å². The van der Waals surface area contributed by atoms with Crippen molar-refractivity contribution in [3.05, 3.63) is 29.8 Å². The number of para-hydroxylation sites is 1. The first-order valence-electron chi connectivity index (χ1n) is 4.29. The van der Waals surface area contributed by atoms with Crippen molar-refractivity contribution in [1.82, 2.24) is 0 Å². The SMILES string of the molecule is CC(F)(F)C1Cc2ccccc2N1. The highest BCUT2D eigenvalue weighted by Crippen LogP contribution is 2.32. The zero-order chi connectivity index (χ0) is 9.47. The summed E-state index contributed by atoms with van der Waals surface area (Å²) in [7, 11) is 0. The van der Waals surface area contributed by atoms with Gasteiger partial charge in [0.05, 0.1) is 6.04 Å². The van der Waals surface area contributed by atoms with Crippen molar-refractivity contribution in [1.29, 1.82) is 0 Å². The van der Waals surface area contributed by atoms with E-state index in [0.29, 0.717) is 6.42 Å². The van der Waals surface area contributed by atoms with Crippen LogP contribution < -0.4 is 5.32 Å². The average molecular weight is 183 g/mol. The van der Waals surface area contributed by atoms with Crippen LogP contribution in [0, 0.1) is 0 Å². The molecule has 1 unspecified atom stereocenters. The molecule has 13 heavy (non-hydrogen) atoms. The summed E-state index contributed by atoms with van der Waals surface area (Å²) < 4.78 is 25.9. The van der Waals surface area contributed by atoms with Crippen LogP contribution in [0.15, 0.2) is 24.3 Å². The molecule has 1 aromatic rings. The van der Waals surface area contributed by atoms with Crippen molar-refractivity contribution >= 4 is 5.69 Å². The average Bonchev–Trinajstić information content (AvgIpc) is 2.45. The predicted octanol–water partition coefficient (Wildman–Crippen LogP) is 2.68. The fraction of sp³-hybridized carbons (Fsp3) is 0.400. The zero-order valence-electron chi connectivity index (χ0n) is 7.35. The molecule has 3 heteroatoms. The summed E-state index contributed by atoms with van der Waals surface area (Å²) >= 11 is 0. The van der Waals surface area contributed by atoms with Crippen molar-refractivity contribution in [2.45, 2.75) is 25.3 Å². The second-order valence-corrected chi connectivity index (χ2v) is 3.51. The lowest BCUT2D eigenvalue weighted by molar-refractivity contribution is 0.00371. The van der Waals surface area contributed by atoms with Crippen LogP contribution in [0.2, 0.25) is 0 Å². The van der Waals surface area contributed by atoms with E-state index in [1.54, 1.807) is 0 Å². The number of alkyl halides is 2. The van der Waals surface area contributed by atoms with E-state index >= 15 is 0 Å². The van der Waals surface area contributed by atoms with Crippen LogP contribution in [0.3, 0.4) is 0 Å². The molecule has 1 atom stereocenters. The van der Waals surface area contributed by atoms with Gasteiger partial charge >= 0.3 is 0 Å². The molecule has 1 heterocycles. The maximum Gasteiger partial charge on any atom is 0.265 e. The van der Waals surface area contributed by atoms with Gasteiger partial charge in [-0.3, -0.25) is 0 Å². The minimum atomic E-state index is -2.65. The van der Waals surface area contributed by atoms with E-state index < -0.39 is 12.0 Å². The maximum atomic E-state index is 12.9. The lowest BCUT2D eigenvalue weighted by Crippen LogP contribution is -2.35. The molecule has 0 spiro atoms. The molecule has 0 aliphatic carbocycles. The van der Waals surface area contributed by atoms with Crippen molar-refractivity contribution in [2.75, 3.05) is 5.32 Å². The normalized spacial score (nSPS) is 21.0. The molecule has 0 bridgehead atoms. The van der Waals surface area contributed by atoms with Gasteiger partial charge in [0.15, 0.2) is 0 Å². The van der Waals surface area contributed by atoms with E-state index in [-0.39, 0.29) is 0 Å². The topological polar surface area (TPSA) is 12.0 Å². The van der Waals surface area contributed by atoms with Crippen LogP contribution in [0.5, 0.6) is 0 Å². The van der Waals surface area contributed by atoms with Gasteiger partial charge in [0.25, 0.3) is 5.92 Å². The number of nitrogens with one attached hydrogen (secondary N) is 1. The second kappa shape index (κ2) is 2.69. The smallest absolute Gasteiger partial charge is 0.265 e. The monoisotopic (exact) mass is 183 g/mol. The van der Waals surface area contributed by atoms with Crippen molar-refractivity contribution in [3.8, 4) is 0 Å². The summed E-state index contributed by atoms with van der Waals surface area (Å²) in [5.74, 6) is -2.65. The number of fused-ring (bicyclic) bond motifs is 1. The number of hydrogen-bond acceptors (Lipinski definition) is 1. The minimum Gasteiger partial charge on any atom is -0.376 e. The summed E-state index contributed by atoms with van der Waals surface area (Å²) in [6.07, 6.45) is 0.416. The molecule has 2 rings (SSSR count). The molecule has 0 aromatic heterocycles. The standard InChI is InChI=1S/C10H11F2N/c1-10(11,12)9-6-7-4-2-3-5-8(7)13-9/h2-5,9,13H,6H2,1H3. The maximum absolute atomic E-state index is 12.9. The molecular formula is C10H11F2N. The first-order chi connectivity index (χ1) is 6.07. The zero-order valence-corrected chi connectivity index (χ0v) is 7.35. The summed E-state index contributed by atoms with van der Waals surface area (Å²) in [4.78, 5) is 0. The Morgan fingerprint density at radius 2 is 2.08 bits per heavy atom. The fourth-order valence-electron chi connectivity index (χ4n) is 1.60. The molecule has 70 valence electrons. The van der Waals surface area contributed by atoms with Crippen LogP contribution >= 0.6 is 0 Å². The summed E-state index contributed by atoms with van der Waals surface area (Å²) in [5.41, 5.74) is 1.82. The summed E-state index contributed by atoms with van der Waals surface area (Å²) in [5, 5.41) is 2.82. The highest BCUT2D eigenvalue weighted by molar-refractivity contribution is 5.57.